The van der Waals surface area contributed by atoms with Crippen LogP contribution in [0.5, 0.6) is 0 Å². The van der Waals surface area contributed by atoms with E-state index in [0.717, 1.165) is 0 Å². The molecule has 2 amide bonds. The van der Waals surface area contributed by atoms with Crippen molar-refractivity contribution in [3.8, 4) is 0 Å². The maximum absolute atomic E-state index is 12.8. The van der Waals surface area contributed by atoms with Crippen molar-refractivity contribution >= 4 is 17.5 Å². The zero-order valence-corrected chi connectivity index (χ0v) is 13.8. The lowest BCUT2D eigenvalue weighted by Gasteiger charge is -2.25. The first-order valence-corrected chi connectivity index (χ1v) is 8.19. The summed E-state index contributed by atoms with van der Waals surface area (Å²) in [6, 6.07) is 5.02. The second kappa shape index (κ2) is 5.96. The van der Waals surface area contributed by atoms with Gasteiger partial charge in [-0.25, -0.2) is 4.98 Å². The van der Waals surface area contributed by atoms with Crippen molar-refractivity contribution in [2.45, 2.75) is 18.6 Å². The molecular weight excluding hydrogens is 324 g/mol. The number of likely N-dealkylation sites (tertiary alicyclic amines) is 1. The van der Waals surface area contributed by atoms with Crippen molar-refractivity contribution in [2.24, 2.45) is 0 Å². The maximum Gasteiger partial charge on any atom is 0.270 e. The molecule has 0 radical (unpaired) electrons. The predicted octanol–water partition coefficient (Wildman–Crippen LogP) is -0.234. The van der Waals surface area contributed by atoms with Gasteiger partial charge in [0, 0.05) is 32.5 Å². The Bertz CT molecular complexity index is 909. The van der Waals surface area contributed by atoms with E-state index in [0.29, 0.717) is 31.8 Å². The van der Waals surface area contributed by atoms with Crippen LogP contribution in [0.2, 0.25) is 0 Å². The molecule has 130 valence electrons. The number of rotatable bonds is 1. The van der Waals surface area contributed by atoms with Crippen LogP contribution in [0.3, 0.4) is 0 Å². The van der Waals surface area contributed by atoms with Crippen LogP contribution < -0.4 is 5.56 Å². The maximum atomic E-state index is 12.8. The van der Waals surface area contributed by atoms with Crippen molar-refractivity contribution in [2.75, 3.05) is 26.7 Å². The fourth-order valence-electron chi connectivity index (χ4n) is 3.46. The van der Waals surface area contributed by atoms with Gasteiger partial charge in [-0.1, -0.05) is 6.07 Å². The molecule has 2 aromatic heterocycles. The molecule has 2 fully saturated rings. The van der Waals surface area contributed by atoms with Gasteiger partial charge in [-0.2, -0.15) is 0 Å². The van der Waals surface area contributed by atoms with E-state index < -0.39 is 5.56 Å². The van der Waals surface area contributed by atoms with E-state index in [9.17, 15) is 14.4 Å². The lowest BCUT2D eigenvalue weighted by atomic mass is 10.2. The van der Waals surface area contributed by atoms with Gasteiger partial charge in [0.1, 0.15) is 11.2 Å². The van der Waals surface area contributed by atoms with Gasteiger partial charge < -0.3 is 14.5 Å². The Kier molecular flexibility index (Phi) is 3.76. The molecule has 0 saturated carbocycles. The Hall–Kier alpha value is -2.74. The number of likely N-dealkylation sites (N-methyl/N-ethyl adjacent to an activating group) is 1. The molecule has 2 aliphatic rings. The van der Waals surface area contributed by atoms with Gasteiger partial charge >= 0.3 is 0 Å². The molecule has 2 atom stereocenters. The number of hydrogen-bond acceptors (Lipinski definition) is 5. The summed E-state index contributed by atoms with van der Waals surface area (Å²) in [5, 5.41) is 0. The first-order valence-electron chi connectivity index (χ1n) is 8.19. The summed E-state index contributed by atoms with van der Waals surface area (Å²) >= 11 is 0. The molecule has 2 aliphatic heterocycles. The third-order valence-corrected chi connectivity index (χ3v) is 4.91. The van der Waals surface area contributed by atoms with Gasteiger partial charge in [-0.3, -0.25) is 18.8 Å². The molecule has 4 heterocycles. The Balaban J connectivity index is 1.63. The Morgan fingerprint density at radius 2 is 2.12 bits per heavy atom. The van der Waals surface area contributed by atoms with Gasteiger partial charge in [0.2, 0.25) is 5.91 Å². The fraction of sp³-hybridized carbons (Fsp3) is 0.412. The first-order chi connectivity index (χ1) is 12.1. The Morgan fingerprint density at radius 1 is 1.28 bits per heavy atom. The van der Waals surface area contributed by atoms with Crippen molar-refractivity contribution in [1.29, 1.82) is 0 Å². The molecule has 8 nitrogen and oxygen atoms in total. The van der Waals surface area contributed by atoms with E-state index >= 15 is 0 Å². The molecule has 25 heavy (non-hydrogen) atoms. The molecule has 0 aliphatic carbocycles. The van der Waals surface area contributed by atoms with Crippen molar-refractivity contribution < 1.29 is 14.3 Å². The van der Waals surface area contributed by atoms with Gasteiger partial charge in [0.05, 0.1) is 25.2 Å². The predicted molar refractivity (Wildman–Crippen MR) is 88.3 cm³/mol. The number of nitrogens with zero attached hydrogens (tertiary/aromatic N) is 4. The minimum Gasteiger partial charge on any atom is -0.374 e. The molecule has 0 aromatic carbocycles. The smallest absolute Gasteiger partial charge is 0.270 e. The SMILES string of the molecule is CN1C(=O)CCO[C@H]2CN(C(=O)c3cnc4ccccn4c3=O)C[C@@H]21. The second-order valence-electron chi connectivity index (χ2n) is 6.35. The highest BCUT2D eigenvalue weighted by Gasteiger charge is 2.42. The molecule has 2 saturated heterocycles. The van der Waals surface area contributed by atoms with Gasteiger partial charge in [0.15, 0.2) is 0 Å². The van der Waals surface area contributed by atoms with Crippen LogP contribution in [0, 0.1) is 0 Å². The average Bonchev–Trinajstić information content (AvgIpc) is 3.00. The Labute approximate surface area is 143 Å². The molecule has 8 heteroatoms. The van der Waals surface area contributed by atoms with E-state index in [-0.39, 0.29) is 29.5 Å². The molecule has 2 aromatic rings. The van der Waals surface area contributed by atoms with Gasteiger partial charge in [0.25, 0.3) is 11.5 Å². The van der Waals surface area contributed by atoms with Crippen molar-refractivity contribution in [3.05, 3.63) is 46.5 Å². The summed E-state index contributed by atoms with van der Waals surface area (Å²) in [6.45, 7) is 1.06. The summed E-state index contributed by atoms with van der Waals surface area (Å²) in [4.78, 5) is 44.8. The zero-order chi connectivity index (χ0) is 17.6. The van der Waals surface area contributed by atoms with Crippen LogP contribution in [0.25, 0.3) is 5.65 Å². The molecule has 0 N–H and O–H groups in total. The number of pyridine rings is 1. The fourth-order valence-corrected chi connectivity index (χ4v) is 3.46. The number of carbonyl (C=O) groups is 2. The highest BCUT2D eigenvalue weighted by Crippen LogP contribution is 2.23. The molecule has 0 unspecified atom stereocenters. The van der Waals surface area contributed by atoms with E-state index in [1.165, 1.54) is 10.6 Å². The van der Waals surface area contributed by atoms with Gasteiger partial charge in [-0.15, -0.1) is 0 Å². The quantitative estimate of drug-likeness (QED) is 0.715. The van der Waals surface area contributed by atoms with Crippen LogP contribution in [0.15, 0.2) is 35.4 Å². The zero-order valence-electron chi connectivity index (χ0n) is 13.8. The molecule has 4 rings (SSSR count). The van der Waals surface area contributed by atoms with Crippen LogP contribution in [-0.2, 0) is 9.53 Å². The molecule has 0 bridgehead atoms. The number of hydrogen-bond donors (Lipinski definition) is 0. The summed E-state index contributed by atoms with van der Waals surface area (Å²) in [6.07, 6.45) is 3.04. The number of fused-ring (bicyclic) bond motifs is 2. The third kappa shape index (κ3) is 2.58. The normalized spacial score (nSPS) is 23.6. The van der Waals surface area contributed by atoms with Crippen LogP contribution in [0.1, 0.15) is 16.8 Å². The largest absolute Gasteiger partial charge is 0.374 e. The first kappa shape index (κ1) is 15.8. The number of carbonyl (C=O) groups excluding carboxylic acids is 2. The van der Waals surface area contributed by atoms with E-state index in [1.54, 1.807) is 41.2 Å². The highest BCUT2D eigenvalue weighted by atomic mass is 16.5. The summed E-state index contributed by atoms with van der Waals surface area (Å²) < 4.78 is 7.08. The summed E-state index contributed by atoms with van der Waals surface area (Å²) in [5.41, 5.74) is 0.117. The van der Waals surface area contributed by atoms with Crippen LogP contribution >= 0.6 is 0 Å². The number of aromatic nitrogens is 2. The van der Waals surface area contributed by atoms with E-state index in [1.807, 2.05) is 0 Å². The average molecular weight is 342 g/mol. The topological polar surface area (TPSA) is 84.2 Å². The molecule has 0 spiro atoms. The minimum absolute atomic E-state index is 0.00856. The number of ether oxygens (including phenoxy) is 1. The van der Waals surface area contributed by atoms with Crippen molar-refractivity contribution in [3.63, 3.8) is 0 Å². The van der Waals surface area contributed by atoms with E-state index in [2.05, 4.69) is 4.98 Å². The van der Waals surface area contributed by atoms with Crippen LogP contribution in [-0.4, -0.2) is 69.9 Å². The molecular formula is C17H18N4O4. The monoisotopic (exact) mass is 342 g/mol. The van der Waals surface area contributed by atoms with E-state index in [4.69, 9.17) is 4.74 Å². The lowest BCUT2D eigenvalue weighted by molar-refractivity contribution is -0.131. The van der Waals surface area contributed by atoms with Crippen LogP contribution in [0.4, 0.5) is 0 Å². The Morgan fingerprint density at radius 3 is 2.96 bits per heavy atom. The minimum atomic E-state index is -0.395. The lowest BCUT2D eigenvalue weighted by Crippen LogP contribution is -2.43. The standard InChI is InChI=1S/C17H18N4O4/c1-19-12-9-20(10-13(12)25-7-5-15(19)22)16(23)11-8-18-14-4-2-3-6-21(14)17(11)24/h2-4,6,8,12-13H,5,7,9-10H2,1H3/t12-,13-/m0/s1. The van der Waals surface area contributed by atoms with Crippen molar-refractivity contribution in [1.82, 2.24) is 19.2 Å². The highest BCUT2D eigenvalue weighted by molar-refractivity contribution is 5.94. The third-order valence-electron chi connectivity index (χ3n) is 4.91. The summed E-state index contributed by atoms with van der Waals surface area (Å²) in [7, 11) is 1.73. The van der Waals surface area contributed by atoms with Gasteiger partial charge in [-0.05, 0) is 12.1 Å². The number of amides is 2. The summed E-state index contributed by atoms with van der Waals surface area (Å²) in [5.74, 6) is -0.373. The second-order valence-corrected chi connectivity index (χ2v) is 6.35.